The fourth-order valence-electron chi connectivity index (χ4n) is 4.46. The van der Waals surface area contributed by atoms with E-state index in [0.29, 0.717) is 41.2 Å². The van der Waals surface area contributed by atoms with Crippen LogP contribution in [0.5, 0.6) is 11.5 Å². The first kappa shape index (κ1) is 23.6. The number of methoxy groups -OCH3 is 2. The highest BCUT2D eigenvalue weighted by Crippen LogP contribution is 2.28. The van der Waals surface area contributed by atoms with Gasteiger partial charge >= 0.3 is 6.03 Å². The van der Waals surface area contributed by atoms with Crippen molar-refractivity contribution in [1.29, 1.82) is 0 Å². The quantitative estimate of drug-likeness (QED) is 0.525. The molecule has 2 amide bonds. The van der Waals surface area contributed by atoms with E-state index in [-0.39, 0.29) is 24.2 Å². The first-order valence-electron chi connectivity index (χ1n) is 11.8. The number of hydrogen-bond acceptors (Lipinski definition) is 5. The average molecular weight is 465 g/mol. The summed E-state index contributed by atoms with van der Waals surface area (Å²) in [5.41, 5.74) is 1.44. The van der Waals surface area contributed by atoms with Crippen molar-refractivity contribution in [3.8, 4) is 11.5 Å². The molecule has 0 unspecified atom stereocenters. The lowest BCUT2D eigenvalue weighted by Crippen LogP contribution is -2.46. The molecule has 0 spiro atoms. The first-order chi connectivity index (χ1) is 16.6. The molecule has 0 bridgehead atoms. The van der Waals surface area contributed by atoms with E-state index in [2.05, 4.69) is 15.3 Å². The molecule has 2 N–H and O–H groups in total. The Kier molecular flexibility index (Phi) is 7.67. The van der Waals surface area contributed by atoms with Crippen LogP contribution in [0.2, 0.25) is 0 Å². The Balaban J connectivity index is 1.54. The van der Waals surface area contributed by atoms with Gasteiger partial charge in [-0.25, -0.2) is 9.78 Å². The fraction of sp³-hybridized carbons (Fsp3) is 0.423. The number of amides is 2. The zero-order chi connectivity index (χ0) is 23.9. The van der Waals surface area contributed by atoms with Crippen molar-refractivity contribution in [2.24, 2.45) is 0 Å². The summed E-state index contributed by atoms with van der Waals surface area (Å²) in [6.45, 7) is 0.677. The smallest absolute Gasteiger partial charge is 0.318 e. The van der Waals surface area contributed by atoms with Gasteiger partial charge in [0.1, 0.15) is 5.82 Å². The molecular formula is C26H32N4O4. The van der Waals surface area contributed by atoms with E-state index < -0.39 is 0 Å². The lowest BCUT2D eigenvalue weighted by atomic mass is 9.96. The molecule has 8 nitrogen and oxygen atoms in total. The van der Waals surface area contributed by atoms with Crippen molar-refractivity contribution in [2.45, 2.75) is 51.1 Å². The number of ether oxygens (including phenoxy) is 2. The van der Waals surface area contributed by atoms with Crippen LogP contribution in [0.4, 0.5) is 4.79 Å². The van der Waals surface area contributed by atoms with Crippen molar-refractivity contribution < 1.29 is 14.3 Å². The highest BCUT2D eigenvalue weighted by molar-refractivity contribution is 5.77. The molecule has 4 rings (SSSR count). The zero-order valence-corrected chi connectivity index (χ0v) is 19.8. The minimum Gasteiger partial charge on any atom is -0.493 e. The topological polar surface area (TPSA) is 96.5 Å². The van der Waals surface area contributed by atoms with Gasteiger partial charge in [-0.15, -0.1) is 0 Å². The normalized spacial score (nSPS) is 14.1. The number of nitrogens with one attached hydrogen (secondary N) is 2. The molecule has 1 heterocycles. The molecule has 0 atom stereocenters. The molecule has 34 heavy (non-hydrogen) atoms. The van der Waals surface area contributed by atoms with Gasteiger partial charge in [-0.2, -0.15) is 0 Å². The van der Waals surface area contributed by atoms with Gasteiger partial charge in [0.2, 0.25) is 0 Å². The van der Waals surface area contributed by atoms with E-state index in [1.54, 1.807) is 25.2 Å². The predicted octanol–water partition coefficient (Wildman–Crippen LogP) is 4.03. The summed E-state index contributed by atoms with van der Waals surface area (Å²) < 4.78 is 10.7. The Morgan fingerprint density at radius 1 is 1.09 bits per heavy atom. The van der Waals surface area contributed by atoms with Gasteiger partial charge in [-0.3, -0.25) is 4.79 Å². The van der Waals surface area contributed by atoms with E-state index in [1.807, 2.05) is 36.4 Å². The Morgan fingerprint density at radius 2 is 1.85 bits per heavy atom. The van der Waals surface area contributed by atoms with Crippen LogP contribution in [0.15, 0.2) is 47.3 Å². The summed E-state index contributed by atoms with van der Waals surface area (Å²) in [5, 5.41) is 3.73. The summed E-state index contributed by atoms with van der Waals surface area (Å²) in [7, 11) is 3.21. The molecule has 1 saturated carbocycles. The van der Waals surface area contributed by atoms with Crippen LogP contribution in [0.25, 0.3) is 10.9 Å². The predicted molar refractivity (Wildman–Crippen MR) is 131 cm³/mol. The maximum Gasteiger partial charge on any atom is 0.318 e. The Hall–Kier alpha value is -3.55. The number of hydrogen-bond donors (Lipinski definition) is 2. The molecule has 1 aliphatic carbocycles. The second kappa shape index (κ2) is 11.0. The third-order valence-electron chi connectivity index (χ3n) is 6.34. The third kappa shape index (κ3) is 5.68. The summed E-state index contributed by atoms with van der Waals surface area (Å²) >= 11 is 0. The lowest BCUT2D eigenvalue weighted by Gasteiger charge is -2.28. The number of nitrogens with zero attached hydrogens (tertiary/aromatic N) is 2. The first-order valence-corrected chi connectivity index (χ1v) is 11.8. The maximum absolute atomic E-state index is 13.3. The number of carbonyl (C=O) groups excluding carboxylic acids is 1. The number of aromatic nitrogens is 2. The van der Waals surface area contributed by atoms with Crippen molar-refractivity contribution in [3.05, 3.63) is 64.2 Å². The van der Waals surface area contributed by atoms with Crippen molar-refractivity contribution in [2.75, 3.05) is 20.8 Å². The van der Waals surface area contributed by atoms with Crippen LogP contribution in [0.1, 0.15) is 43.5 Å². The van der Waals surface area contributed by atoms with E-state index in [0.717, 1.165) is 31.2 Å². The van der Waals surface area contributed by atoms with E-state index in [1.165, 1.54) is 6.42 Å². The lowest BCUT2D eigenvalue weighted by molar-refractivity contribution is 0.186. The second-order valence-corrected chi connectivity index (χ2v) is 8.68. The molecule has 0 radical (unpaired) electrons. The zero-order valence-electron chi connectivity index (χ0n) is 19.8. The number of benzene rings is 2. The third-order valence-corrected chi connectivity index (χ3v) is 6.34. The molecule has 1 fully saturated rings. The number of fused-ring (bicyclic) bond motifs is 1. The number of H-pyrrole nitrogens is 1. The van der Waals surface area contributed by atoms with Gasteiger partial charge in [0.05, 0.1) is 31.7 Å². The van der Waals surface area contributed by atoms with Gasteiger partial charge in [0.15, 0.2) is 11.5 Å². The minimum absolute atomic E-state index is 0.136. The van der Waals surface area contributed by atoms with Crippen LogP contribution in [-0.4, -0.2) is 47.7 Å². The molecule has 1 aliphatic rings. The number of rotatable bonds is 8. The van der Waals surface area contributed by atoms with Crippen LogP contribution in [-0.2, 0) is 13.0 Å². The second-order valence-electron chi connectivity index (χ2n) is 8.68. The van der Waals surface area contributed by atoms with Gasteiger partial charge in [0, 0.05) is 12.6 Å². The Morgan fingerprint density at radius 3 is 2.62 bits per heavy atom. The SMILES string of the molecule is COc1ccc(CCN(Cc2nc3ccccc3c(=O)[nH]2)C(=O)NC2CCCCC2)cc1OC. The molecule has 180 valence electrons. The molecule has 8 heteroatoms. The average Bonchev–Trinajstić information content (AvgIpc) is 2.87. The van der Waals surface area contributed by atoms with Gasteiger partial charge in [-0.05, 0) is 49.1 Å². The molecule has 3 aromatic rings. The van der Waals surface area contributed by atoms with E-state index >= 15 is 0 Å². The van der Waals surface area contributed by atoms with Gasteiger partial charge in [-0.1, -0.05) is 37.5 Å². The van der Waals surface area contributed by atoms with Gasteiger partial charge < -0.3 is 24.7 Å². The maximum atomic E-state index is 13.3. The summed E-state index contributed by atoms with van der Waals surface area (Å²) in [4.78, 5) is 35.0. The fourth-order valence-corrected chi connectivity index (χ4v) is 4.46. The number of carbonyl (C=O) groups is 1. The highest BCUT2D eigenvalue weighted by Gasteiger charge is 2.21. The molecule has 0 aliphatic heterocycles. The van der Waals surface area contributed by atoms with Crippen LogP contribution in [0, 0.1) is 0 Å². The number of aromatic amines is 1. The molecule has 2 aromatic carbocycles. The van der Waals surface area contributed by atoms with Crippen LogP contribution >= 0.6 is 0 Å². The van der Waals surface area contributed by atoms with Crippen LogP contribution in [0.3, 0.4) is 0 Å². The highest BCUT2D eigenvalue weighted by atomic mass is 16.5. The monoisotopic (exact) mass is 464 g/mol. The van der Waals surface area contributed by atoms with Crippen molar-refractivity contribution in [1.82, 2.24) is 20.2 Å². The number of para-hydroxylation sites is 1. The summed E-state index contributed by atoms with van der Waals surface area (Å²) in [5.74, 6) is 1.78. The summed E-state index contributed by atoms with van der Waals surface area (Å²) in [6, 6.07) is 13.0. The summed E-state index contributed by atoms with van der Waals surface area (Å²) in [6.07, 6.45) is 6.11. The molecule has 0 saturated heterocycles. The molecule has 1 aromatic heterocycles. The van der Waals surface area contributed by atoms with Gasteiger partial charge in [0.25, 0.3) is 5.56 Å². The Bertz CT molecular complexity index is 1190. The largest absolute Gasteiger partial charge is 0.493 e. The van der Waals surface area contributed by atoms with E-state index in [9.17, 15) is 9.59 Å². The van der Waals surface area contributed by atoms with Crippen molar-refractivity contribution >= 4 is 16.9 Å². The minimum atomic E-state index is -0.201. The molecular weight excluding hydrogens is 432 g/mol. The van der Waals surface area contributed by atoms with E-state index in [4.69, 9.17) is 9.47 Å². The number of urea groups is 1. The van der Waals surface area contributed by atoms with Crippen LogP contribution < -0.4 is 20.3 Å². The standard InChI is InChI=1S/C26H32N4O4/c1-33-22-13-12-18(16-23(22)34-2)14-15-30(26(32)27-19-8-4-3-5-9-19)17-24-28-21-11-7-6-10-20(21)25(31)29-24/h6-7,10-13,16,19H,3-5,8-9,14-15,17H2,1-2H3,(H,27,32)(H,28,29,31). The van der Waals surface area contributed by atoms with Crippen molar-refractivity contribution in [3.63, 3.8) is 0 Å². The Labute approximate surface area is 199 Å².